The zero-order valence-electron chi connectivity index (χ0n) is 17.5. The van der Waals surface area contributed by atoms with E-state index in [1.807, 2.05) is 41.0 Å². The number of amides is 2. The number of primary amides is 1. The second-order valence-corrected chi connectivity index (χ2v) is 7.99. The molecule has 2 aromatic heterocycles. The molecule has 0 aliphatic carbocycles. The van der Waals surface area contributed by atoms with Gasteiger partial charge in [0.2, 0.25) is 11.8 Å². The topological polar surface area (TPSA) is 116 Å². The lowest BCUT2D eigenvalue weighted by Gasteiger charge is -2.12. The van der Waals surface area contributed by atoms with Gasteiger partial charge in [0.15, 0.2) is 11.0 Å². The first-order chi connectivity index (χ1) is 15.9. The molecule has 0 atom stereocenters. The maximum absolute atomic E-state index is 14.1. The van der Waals surface area contributed by atoms with E-state index >= 15 is 0 Å². The van der Waals surface area contributed by atoms with Crippen molar-refractivity contribution in [3.05, 3.63) is 83.9 Å². The Morgan fingerprint density at radius 2 is 1.91 bits per heavy atom. The average Bonchev–Trinajstić information content (AvgIpc) is 3.25. The van der Waals surface area contributed by atoms with E-state index in [-0.39, 0.29) is 22.6 Å². The summed E-state index contributed by atoms with van der Waals surface area (Å²) >= 11 is 1.18. The first kappa shape index (κ1) is 22.2. The van der Waals surface area contributed by atoms with Crippen molar-refractivity contribution in [2.45, 2.75) is 12.1 Å². The molecular formula is C23H19FN6O2S. The minimum absolute atomic E-state index is 0.0140. The van der Waals surface area contributed by atoms with Crippen molar-refractivity contribution in [1.29, 1.82) is 0 Å². The van der Waals surface area contributed by atoms with Crippen molar-refractivity contribution in [3.8, 4) is 17.1 Å². The van der Waals surface area contributed by atoms with Crippen LogP contribution in [0.1, 0.15) is 15.9 Å². The number of hydrogen-bond donors (Lipinski definition) is 2. The number of nitrogens with zero attached hydrogens (tertiary/aromatic N) is 4. The number of nitrogens with two attached hydrogens (primary N) is 1. The molecule has 0 fully saturated rings. The summed E-state index contributed by atoms with van der Waals surface area (Å²) < 4.78 is 16.0. The first-order valence-corrected chi connectivity index (χ1v) is 10.9. The van der Waals surface area contributed by atoms with Gasteiger partial charge in [-0.05, 0) is 43.3 Å². The summed E-state index contributed by atoms with van der Waals surface area (Å²) in [6, 6.07) is 15.6. The van der Waals surface area contributed by atoms with Gasteiger partial charge in [-0.3, -0.25) is 19.1 Å². The van der Waals surface area contributed by atoms with Crippen molar-refractivity contribution >= 4 is 29.3 Å². The third-order valence-corrected chi connectivity index (χ3v) is 5.73. The van der Waals surface area contributed by atoms with E-state index in [9.17, 15) is 14.0 Å². The molecule has 2 amide bonds. The molecule has 0 radical (unpaired) electrons. The SMILES string of the molecule is Cc1c(F)cc(C(N)=O)cc1NC(=O)CSc1nnc(-c2cccnc2)n1-c1ccccc1. The Bertz CT molecular complexity index is 1310. The monoisotopic (exact) mass is 462 g/mol. The van der Waals surface area contributed by atoms with Crippen LogP contribution in [0.15, 0.2) is 72.1 Å². The molecule has 10 heteroatoms. The molecule has 0 saturated heterocycles. The highest BCUT2D eigenvalue weighted by atomic mass is 32.2. The van der Waals surface area contributed by atoms with Crippen LogP contribution in [-0.2, 0) is 4.79 Å². The Kier molecular flexibility index (Phi) is 6.45. The maximum atomic E-state index is 14.1. The predicted octanol–water partition coefficient (Wildman–Crippen LogP) is 3.61. The first-order valence-electron chi connectivity index (χ1n) is 9.88. The Morgan fingerprint density at radius 1 is 1.12 bits per heavy atom. The van der Waals surface area contributed by atoms with Crippen LogP contribution in [-0.4, -0.2) is 37.3 Å². The largest absolute Gasteiger partial charge is 0.366 e. The lowest BCUT2D eigenvalue weighted by Crippen LogP contribution is -2.18. The summed E-state index contributed by atoms with van der Waals surface area (Å²) in [5.41, 5.74) is 7.23. The molecule has 0 saturated carbocycles. The molecular weight excluding hydrogens is 443 g/mol. The molecule has 4 aromatic rings. The fourth-order valence-electron chi connectivity index (χ4n) is 3.12. The van der Waals surface area contributed by atoms with E-state index in [0.717, 1.165) is 17.3 Å². The molecule has 3 N–H and O–H groups in total. The second-order valence-electron chi connectivity index (χ2n) is 7.05. The molecule has 2 heterocycles. The maximum Gasteiger partial charge on any atom is 0.248 e. The highest BCUT2D eigenvalue weighted by Crippen LogP contribution is 2.28. The van der Waals surface area contributed by atoms with Crippen LogP contribution in [0.3, 0.4) is 0 Å². The summed E-state index contributed by atoms with van der Waals surface area (Å²) in [5.74, 6) is -1.23. The highest BCUT2D eigenvalue weighted by molar-refractivity contribution is 7.99. The Morgan fingerprint density at radius 3 is 2.61 bits per heavy atom. The summed E-state index contributed by atoms with van der Waals surface area (Å²) in [6.45, 7) is 1.51. The Balaban J connectivity index is 1.58. The number of halogens is 1. The van der Waals surface area contributed by atoms with Gasteiger partial charge in [-0.15, -0.1) is 10.2 Å². The van der Waals surface area contributed by atoms with Crippen molar-refractivity contribution in [3.63, 3.8) is 0 Å². The molecule has 166 valence electrons. The van der Waals surface area contributed by atoms with E-state index in [1.54, 1.807) is 18.5 Å². The number of para-hydroxylation sites is 1. The molecule has 0 spiro atoms. The van der Waals surface area contributed by atoms with Gasteiger partial charge in [0.25, 0.3) is 0 Å². The second kappa shape index (κ2) is 9.61. The number of carbonyl (C=O) groups is 2. The van der Waals surface area contributed by atoms with Crippen LogP contribution < -0.4 is 11.1 Å². The molecule has 0 unspecified atom stereocenters. The Hall–Kier alpha value is -4.05. The number of benzene rings is 2. The standard InChI is InChI=1S/C23H19FN6O2S/c1-14-18(24)10-16(21(25)32)11-19(14)27-20(31)13-33-23-29-28-22(15-6-5-9-26-12-15)30(23)17-7-3-2-4-8-17/h2-12H,13H2,1H3,(H2,25,32)(H,27,31). The Labute approximate surface area is 193 Å². The minimum Gasteiger partial charge on any atom is -0.366 e. The van der Waals surface area contributed by atoms with Crippen molar-refractivity contribution in [2.75, 3.05) is 11.1 Å². The van der Waals surface area contributed by atoms with E-state index < -0.39 is 17.6 Å². The van der Waals surface area contributed by atoms with Crippen LogP contribution >= 0.6 is 11.8 Å². The third kappa shape index (κ3) is 4.90. The molecule has 0 bridgehead atoms. The number of nitrogens with one attached hydrogen (secondary N) is 1. The van der Waals surface area contributed by atoms with Gasteiger partial charge >= 0.3 is 0 Å². The predicted molar refractivity (Wildman–Crippen MR) is 124 cm³/mol. The molecule has 33 heavy (non-hydrogen) atoms. The van der Waals surface area contributed by atoms with Crippen molar-refractivity contribution in [2.24, 2.45) is 5.73 Å². The number of rotatable bonds is 7. The lowest BCUT2D eigenvalue weighted by molar-refractivity contribution is -0.113. The van der Waals surface area contributed by atoms with Gasteiger partial charge in [-0.1, -0.05) is 30.0 Å². The van der Waals surface area contributed by atoms with Crippen LogP contribution in [0.4, 0.5) is 10.1 Å². The number of anilines is 1. The number of carbonyl (C=O) groups excluding carboxylic acids is 2. The molecule has 8 nitrogen and oxygen atoms in total. The fraction of sp³-hybridized carbons (Fsp3) is 0.0870. The van der Waals surface area contributed by atoms with Crippen LogP contribution in [0.5, 0.6) is 0 Å². The summed E-state index contributed by atoms with van der Waals surface area (Å²) in [5, 5.41) is 11.7. The fourth-order valence-corrected chi connectivity index (χ4v) is 3.87. The van der Waals surface area contributed by atoms with Gasteiger partial charge < -0.3 is 11.1 Å². The smallest absolute Gasteiger partial charge is 0.248 e. The number of thioether (sulfide) groups is 1. The summed E-state index contributed by atoms with van der Waals surface area (Å²) in [7, 11) is 0. The highest BCUT2D eigenvalue weighted by Gasteiger charge is 2.18. The van der Waals surface area contributed by atoms with Crippen LogP contribution in [0.2, 0.25) is 0 Å². The molecule has 2 aromatic carbocycles. The zero-order valence-corrected chi connectivity index (χ0v) is 18.3. The number of pyridine rings is 1. The number of hydrogen-bond acceptors (Lipinski definition) is 6. The van der Waals surface area contributed by atoms with E-state index in [4.69, 9.17) is 5.73 Å². The van der Waals surface area contributed by atoms with Gasteiger partial charge in [0.1, 0.15) is 5.82 Å². The number of aromatic nitrogens is 4. The van der Waals surface area contributed by atoms with Gasteiger partial charge in [-0.2, -0.15) is 0 Å². The van der Waals surface area contributed by atoms with E-state index in [1.165, 1.54) is 24.8 Å². The van der Waals surface area contributed by atoms with Gasteiger partial charge in [0.05, 0.1) is 5.75 Å². The molecule has 0 aliphatic rings. The zero-order chi connectivity index (χ0) is 23.4. The average molecular weight is 463 g/mol. The summed E-state index contributed by atoms with van der Waals surface area (Å²) in [4.78, 5) is 28.2. The van der Waals surface area contributed by atoms with Gasteiger partial charge in [-0.25, -0.2) is 4.39 Å². The van der Waals surface area contributed by atoms with Gasteiger partial charge in [0, 0.05) is 40.5 Å². The summed E-state index contributed by atoms with van der Waals surface area (Å²) in [6.07, 6.45) is 3.36. The van der Waals surface area contributed by atoms with E-state index in [0.29, 0.717) is 11.0 Å². The molecule has 0 aliphatic heterocycles. The quantitative estimate of drug-likeness (QED) is 0.406. The lowest BCUT2D eigenvalue weighted by atomic mass is 10.1. The van der Waals surface area contributed by atoms with E-state index in [2.05, 4.69) is 20.5 Å². The van der Waals surface area contributed by atoms with Crippen LogP contribution in [0, 0.1) is 12.7 Å². The van der Waals surface area contributed by atoms with Crippen molar-refractivity contribution < 1.29 is 14.0 Å². The molecule has 4 rings (SSSR count). The van der Waals surface area contributed by atoms with Crippen LogP contribution in [0.25, 0.3) is 17.1 Å². The third-order valence-electron chi connectivity index (χ3n) is 4.80. The minimum atomic E-state index is -0.780. The normalized spacial score (nSPS) is 10.7. The van der Waals surface area contributed by atoms with Crippen molar-refractivity contribution in [1.82, 2.24) is 19.7 Å².